The van der Waals surface area contributed by atoms with Gasteiger partial charge in [-0.1, -0.05) is 26.7 Å². The first-order valence-corrected chi connectivity index (χ1v) is 8.66. The Kier molecular flexibility index (Phi) is 3.87. The van der Waals surface area contributed by atoms with E-state index in [1.807, 2.05) is 0 Å². The fraction of sp³-hybridized carbons (Fsp3) is 0.688. The Morgan fingerprint density at radius 2 is 2.30 bits per heavy atom. The first-order chi connectivity index (χ1) is 9.63. The molecule has 1 aliphatic carbocycles. The van der Waals surface area contributed by atoms with Gasteiger partial charge in [0.25, 0.3) is 0 Å². The van der Waals surface area contributed by atoms with E-state index in [1.54, 1.807) is 11.3 Å². The van der Waals surface area contributed by atoms with Crippen molar-refractivity contribution in [3.8, 4) is 0 Å². The van der Waals surface area contributed by atoms with Crippen molar-refractivity contribution in [1.82, 2.24) is 10.2 Å². The molecule has 0 radical (unpaired) electrons. The Morgan fingerprint density at radius 3 is 2.90 bits per heavy atom. The monoisotopic (exact) mass is 292 g/mol. The van der Waals surface area contributed by atoms with Gasteiger partial charge in [-0.15, -0.1) is 0 Å². The Hall–Kier alpha value is -0.870. The maximum Gasteiger partial charge on any atom is 0.241 e. The molecule has 2 atom stereocenters. The number of thiophene rings is 1. The van der Waals surface area contributed by atoms with Gasteiger partial charge in [0.2, 0.25) is 5.91 Å². The molecule has 2 heterocycles. The summed E-state index contributed by atoms with van der Waals surface area (Å²) in [6.07, 6.45) is 5.83. The number of carbonyl (C=O) groups excluding carboxylic acids is 1. The molecule has 1 amide bonds. The van der Waals surface area contributed by atoms with Gasteiger partial charge >= 0.3 is 0 Å². The minimum atomic E-state index is 0.0159. The summed E-state index contributed by atoms with van der Waals surface area (Å²) < 4.78 is 0. The molecular formula is C16H24N2OS. The van der Waals surface area contributed by atoms with E-state index in [1.165, 1.54) is 18.4 Å². The lowest BCUT2D eigenvalue weighted by Crippen LogP contribution is -2.35. The van der Waals surface area contributed by atoms with E-state index < -0.39 is 0 Å². The molecule has 4 heteroatoms. The molecule has 3 rings (SSSR count). The third-order valence-corrected chi connectivity index (χ3v) is 5.31. The van der Waals surface area contributed by atoms with Crippen LogP contribution in [-0.4, -0.2) is 23.4 Å². The van der Waals surface area contributed by atoms with Gasteiger partial charge in [0.15, 0.2) is 0 Å². The molecule has 0 spiro atoms. The normalized spacial score (nSPS) is 28.1. The lowest BCUT2D eigenvalue weighted by molar-refractivity contribution is -0.131. The highest BCUT2D eigenvalue weighted by molar-refractivity contribution is 7.07. The molecule has 0 aromatic carbocycles. The Labute approximate surface area is 125 Å². The van der Waals surface area contributed by atoms with Gasteiger partial charge in [-0.25, -0.2) is 0 Å². The minimum absolute atomic E-state index is 0.0159. The Balaban J connectivity index is 1.76. The summed E-state index contributed by atoms with van der Waals surface area (Å²) in [5, 5.41) is 7.82. The molecule has 1 saturated heterocycles. The van der Waals surface area contributed by atoms with Crippen LogP contribution in [0.3, 0.4) is 0 Å². The van der Waals surface area contributed by atoms with Gasteiger partial charge < -0.3 is 4.90 Å². The largest absolute Gasteiger partial charge is 0.321 e. The van der Waals surface area contributed by atoms with E-state index in [0.717, 1.165) is 25.8 Å². The number of hydrogen-bond acceptors (Lipinski definition) is 3. The average Bonchev–Trinajstić information content (AvgIpc) is 2.87. The predicted molar refractivity (Wildman–Crippen MR) is 82.6 cm³/mol. The number of nitrogens with one attached hydrogen (secondary N) is 1. The first-order valence-electron chi connectivity index (χ1n) is 7.71. The second kappa shape index (κ2) is 5.49. The van der Waals surface area contributed by atoms with E-state index in [4.69, 9.17) is 0 Å². The summed E-state index contributed by atoms with van der Waals surface area (Å²) in [7, 11) is 0. The summed E-state index contributed by atoms with van der Waals surface area (Å²) in [5.41, 5.74) is 1.61. The van der Waals surface area contributed by atoms with Crippen molar-refractivity contribution in [3.63, 3.8) is 0 Å². The molecule has 0 bridgehead atoms. The zero-order valence-corrected chi connectivity index (χ0v) is 13.2. The summed E-state index contributed by atoms with van der Waals surface area (Å²) in [6, 6.07) is 2.15. The topological polar surface area (TPSA) is 32.3 Å². The summed E-state index contributed by atoms with van der Waals surface area (Å²) in [6.45, 7) is 5.38. The fourth-order valence-electron chi connectivity index (χ4n) is 2.95. The number of rotatable bonds is 6. The molecule has 1 N–H and O–H groups in total. The second-order valence-corrected chi connectivity index (χ2v) is 7.38. The highest BCUT2D eigenvalue weighted by atomic mass is 32.1. The van der Waals surface area contributed by atoms with E-state index >= 15 is 0 Å². The summed E-state index contributed by atoms with van der Waals surface area (Å²) in [5.74, 6) is 0.308. The van der Waals surface area contributed by atoms with Crippen LogP contribution in [0.25, 0.3) is 0 Å². The maximum absolute atomic E-state index is 12.7. The number of carbonyl (C=O) groups is 1. The number of amides is 1. The van der Waals surface area contributed by atoms with Crippen LogP contribution in [0.15, 0.2) is 16.8 Å². The van der Waals surface area contributed by atoms with Crippen molar-refractivity contribution in [3.05, 3.63) is 22.4 Å². The molecule has 1 aromatic rings. The molecule has 2 aliphatic rings. The van der Waals surface area contributed by atoms with Crippen LogP contribution in [0.4, 0.5) is 0 Å². The van der Waals surface area contributed by atoms with Crippen LogP contribution in [-0.2, 0) is 4.79 Å². The third kappa shape index (κ3) is 2.77. The van der Waals surface area contributed by atoms with Gasteiger partial charge in [0.05, 0.1) is 6.04 Å². The molecule has 2 fully saturated rings. The molecular weight excluding hydrogens is 268 g/mol. The van der Waals surface area contributed by atoms with Crippen LogP contribution in [0, 0.1) is 5.41 Å². The van der Waals surface area contributed by atoms with Crippen molar-refractivity contribution < 1.29 is 4.79 Å². The van der Waals surface area contributed by atoms with Gasteiger partial charge in [-0.2, -0.15) is 11.3 Å². The summed E-state index contributed by atoms with van der Waals surface area (Å²) in [4.78, 5) is 14.8. The van der Waals surface area contributed by atoms with Gasteiger partial charge in [-0.05, 0) is 47.1 Å². The zero-order valence-electron chi connectivity index (χ0n) is 12.4. The Bertz CT molecular complexity index is 467. The molecule has 20 heavy (non-hydrogen) atoms. The highest BCUT2D eigenvalue weighted by Crippen LogP contribution is 2.47. The van der Waals surface area contributed by atoms with E-state index in [2.05, 4.69) is 40.9 Å². The first kappa shape index (κ1) is 14.1. The molecule has 110 valence electrons. The molecule has 1 aliphatic heterocycles. The predicted octanol–water partition coefficient (Wildman–Crippen LogP) is 3.54. The average molecular weight is 292 g/mol. The molecule has 2 unspecified atom stereocenters. The lowest BCUT2D eigenvalue weighted by Gasteiger charge is -2.26. The van der Waals surface area contributed by atoms with Crippen molar-refractivity contribution in [1.29, 1.82) is 0 Å². The van der Waals surface area contributed by atoms with E-state index in [9.17, 15) is 4.79 Å². The van der Waals surface area contributed by atoms with Crippen LogP contribution < -0.4 is 5.32 Å². The van der Waals surface area contributed by atoms with Crippen molar-refractivity contribution in [2.24, 2.45) is 5.41 Å². The fourth-order valence-corrected chi connectivity index (χ4v) is 3.63. The van der Waals surface area contributed by atoms with Crippen LogP contribution >= 0.6 is 11.3 Å². The zero-order chi connectivity index (χ0) is 14.2. The Morgan fingerprint density at radius 1 is 1.50 bits per heavy atom. The van der Waals surface area contributed by atoms with Crippen molar-refractivity contribution in [2.75, 3.05) is 6.54 Å². The highest BCUT2D eigenvalue weighted by Gasteiger charge is 2.46. The molecule has 1 aromatic heterocycles. The van der Waals surface area contributed by atoms with Crippen LogP contribution in [0.2, 0.25) is 0 Å². The van der Waals surface area contributed by atoms with E-state index in [-0.39, 0.29) is 12.2 Å². The third-order valence-electron chi connectivity index (χ3n) is 4.61. The van der Waals surface area contributed by atoms with Gasteiger partial charge in [0.1, 0.15) is 6.17 Å². The van der Waals surface area contributed by atoms with E-state index in [0.29, 0.717) is 11.3 Å². The SMILES string of the molecule is CCCCC1NC(c2ccsc2)N(CC2(C)CC2)C1=O. The van der Waals surface area contributed by atoms with Gasteiger partial charge in [0, 0.05) is 6.54 Å². The van der Waals surface area contributed by atoms with Crippen LogP contribution in [0.5, 0.6) is 0 Å². The van der Waals surface area contributed by atoms with Crippen molar-refractivity contribution >= 4 is 17.2 Å². The summed E-state index contributed by atoms with van der Waals surface area (Å²) >= 11 is 1.70. The van der Waals surface area contributed by atoms with Crippen LogP contribution in [0.1, 0.15) is 57.7 Å². The standard InChI is InChI=1S/C16H24N2OS/c1-3-4-5-13-15(19)18(11-16(2)7-8-16)14(17-13)12-6-9-20-10-12/h6,9-10,13-14,17H,3-5,7-8,11H2,1-2H3. The lowest BCUT2D eigenvalue weighted by atomic mass is 10.1. The van der Waals surface area contributed by atoms with Gasteiger partial charge in [-0.3, -0.25) is 10.1 Å². The number of hydrogen-bond donors (Lipinski definition) is 1. The number of nitrogens with zero attached hydrogens (tertiary/aromatic N) is 1. The minimum Gasteiger partial charge on any atom is -0.321 e. The smallest absolute Gasteiger partial charge is 0.241 e. The maximum atomic E-state index is 12.7. The second-order valence-electron chi connectivity index (χ2n) is 6.60. The quantitative estimate of drug-likeness (QED) is 0.870. The number of unbranched alkanes of at least 4 members (excludes halogenated alkanes) is 1. The molecule has 1 saturated carbocycles. The molecule has 3 nitrogen and oxygen atoms in total. The van der Waals surface area contributed by atoms with Crippen molar-refractivity contribution in [2.45, 2.75) is 58.2 Å².